The Morgan fingerprint density at radius 3 is 2.86 bits per heavy atom. The maximum atomic E-state index is 5.50. The molecule has 0 aliphatic heterocycles. The third-order valence-corrected chi connectivity index (χ3v) is 3.27. The van der Waals surface area contributed by atoms with Crippen LogP contribution in [0.15, 0.2) is 23.3 Å². The van der Waals surface area contributed by atoms with E-state index in [-0.39, 0.29) is 0 Å². The molecule has 2 aromatic rings. The highest BCUT2D eigenvalue weighted by Crippen LogP contribution is 2.27. The summed E-state index contributed by atoms with van der Waals surface area (Å²) in [5.41, 5.74) is 0.894. The number of ether oxygens (including phenoxy) is 2. The Morgan fingerprint density at radius 1 is 1.36 bits per heavy atom. The Labute approximate surface area is 134 Å². The minimum atomic E-state index is 0.484. The molecule has 22 heavy (non-hydrogen) atoms. The minimum absolute atomic E-state index is 0.484. The number of aryl methyl sites for hydroxylation is 1. The first-order valence-electron chi connectivity index (χ1n) is 7.21. The molecule has 0 saturated heterocycles. The smallest absolute Gasteiger partial charge is 0.216 e. The van der Waals surface area contributed by atoms with Crippen molar-refractivity contribution in [3.63, 3.8) is 0 Å². The molecule has 1 aromatic carbocycles. The Kier molecular flexibility index (Phi) is 5.71. The van der Waals surface area contributed by atoms with Crippen LogP contribution in [0, 0.1) is 4.77 Å². The van der Waals surface area contributed by atoms with Crippen LogP contribution >= 0.6 is 12.2 Å². The Balaban J connectivity index is 2.27. The van der Waals surface area contributed by atoms with Gasteiger partial charge in [0, 0.05) is 6.42 Å². The van der Waals surface area contributed by atoms with E-state index in [1.165, 1.54) is 0 Å². The van der Waals surface area contributed by atoms with Crippen molar-refractivity contribution in [2.75, 3.05) is 13.7 Å². The molecule has 1 aromatic heterocycles. The average molecular weight is 320 g/mol. The highest BCUT2D eigenvalue weighted by atomic mass is 32.1. The molecule has 0 aliphatic rings. The summed E-state index contributed by atoms with van der Waals surface area (Å²) < 4.78 is 13.0. The standard InChI is InChI=1S/C15H20N4O2S/c1-4-6-14-17-18-15(22)19(14)16-10-11-7-8-12(21-5-2)13(9-11)20-3/h7-10H,4-6H2,1-3H3,(H,18,22)/b16-10+. The van der Waals surface area contributed by atoms with Gasteiger partial charge in [-0.2, -0.15) is 14.9 Å². The second-order valence-corrected chi connectivity index (χ2v) is 4.98. The van der Waals surface area contributed by atoms with E-state index in [4.69, 9.17) is 21.7 Å². The topological polar surface area (TPSA) is 64.4 Å². The molecule has 0 spiro atoms. The summed E-state index contributed by atoms with van der Waals surface area (Å²) >= 11 is 5.19. The molecule has 0 aliphatic carbocycles. The molecule has 0 fully saturated rings. The molecule has 0 amide bonds. The van der Waals surface area contributed by atoms with Crippen molar-refractivity contribution < 1.29 is 9.47 Å². The molecule has 6 nitrogen and oxygen atoms in total. The van der Waals surface area contributed by atoms with Crippen LogP contribution in [-0.4, -0.2) is 34.8 Å². The van der Waals surface area contributed by atoms with Crippen molar-refractivity contribution in [2.45, 2.75) is 26.7 Å². The number of H-pyrrole nitrogens is 1. The summed E-state index contributed by atoms with van der Waals surface area (Å²) in [6.45, 7) is 4.61. The number of benzene rings is 1. The van der Waals surface area contributed by atoms with E-state index in [0.717, 1.165) is 24.2 Å². The fourth-order valence-electron chi connectivity index (χ4n) is 1.99. The fraction of sp³-hybridized carbons (Fsp3) is 0.400. The van der Waals surface area contributed by atoms with Crippen LogP contribution in [0.1, 0.15) is 31.7 Å². The number of nitrogens with zero attached hydrogens (tertiary/aromatic N) is 3. The third-order valence-electron chi connectivity index (χ3n) is 3.00. The van der Waals surface area contributed by atoms with Crippen molar-refractivity contribution in [3.05, 3.63) is 34.4 Å². The zero-order chi connectivity index (χ0) is 15.9. The molecular weight excluding hydrogens is 300 g/mol. The number of rotatable bonds is 7. The number of aromatic nitrogens is 3. The Morgan fingerprint density at radius 2 is 2.18 bits per heavy atom. The second-order valence-electron chi connectivity index (χ2n) is 4.59. The van der Waals surface area contributed by atoms with E-state index < -0.39 is 0 Å². The fourth-order valence-corrected chi connectivity index (χ4v) is 2.19. The number of hydrogen-bond acceptors (Lipinski definition) is 5. The normalized spacial score (nSPS) is 11.0. The van der Waals surface area contributed by atoms with Crippen molar-refractivity contribution in [3.8, 4) is 11.5 Å². The van der Waals surface area contributed by atoms with Gasteiger partial charge in [-0.15, -0.1) is 0 Å². The monoisotopic (exact) mass is 320 g/mol. The molecule has 2 rings (SSSR count). The molecule has 0 saturated carbocycles. The van der Waals surface area contributed by atoms with Crippen LogP contribution in [0.5, 0.6) is 11.5 Å². The molecular formula is C15H20N4O2S. The maximum absolute atomic E-state index is 5.50. The van der Waals surface area contributed by atoms with Crippen molar-refractivity contribution >= 4 is 18.4 Å². The summed E-state index contributed by atoms with van der Waals surface area (Å²) in [5, 5.41) is 11.3. The van der Waals surface area contributed by atoms with Gasteiger partial charge >= 0.3 is 0 Å². The van der Waals surface area contributed by atoms with E-state index in [1.807, 2.05) is 25.1 Å². The molecule has 0 atom stereocenters. The summed E-state index contributed by atoms with van der Waals surface area (Å²) in [4.78, 5) is 0. The number of hydrogen-bond donors (Lipinski definition) is 1. The molecule has 118 valence electrons. The van der Waals surface area contributed by atoms with Crippen molar-refractivity contribution in [1.82, 2.24) is 14.9 Å². The van der Waals surface area contributed by atoms with Gasteiger partial charge in [-0.3, -0.25) is 5.10 Å². The molecule has 7 heteroatoms. The van der Waals surface area contributed by atoms with Gasteiger partial charge in [-0.1, -0.05) is 6.92 Å². The van der Waals surface area contributed by atoms with Crippen molar-refractivity contribution in [2.24, 2.45) is 5.10 Å². The molecule has 0 unspecified atom stereocenters. The van der Waals surface area contributed by atoms with Gasteiger partial charge in [0.25, 0.3) is 0 Å². The first-order valence-corrected chi connectivity index (χ1v) is 7.61. The molecule has 0 bridgehead atoms. The van der Waals surface area contributed by atoms with Crippen molar-refractivity contribution in [1.29, 1.82) is 0 Å². The highest BCUT2D eigenvalue weighted by molar-refractivity contribution is 7.71. The second kappa shape index (κ2) is 7.74. The third kappa shape index (κ3) is 3.73. The number of methoxy groups -OCH3 is 1. The lowest BCUT2D eigenvalue weighted by molar-refractivity contribution is 0.311. The first kappa shape index (κ1) is 16.2. The number of aromatic amines is 1. The lowest BCUT2D eigenvalue weighted by Gasteiger charge is -2.09. The lowest BCUT2D eigenvalue weighted by Crippen LogP contribution is -1.99. The van der Waals surface area contributed by atoms with Gasteiger partial charge < -0.3 is 9.47 Å². The molecule has 1 heterocycles. The quantitative estimate of drug-likeness (QED) is 0.628. The number of nitrogens with one attached hydrogen (secondary N) is 1. The molecule has 0 radical (unpaired) electrons. The van der Waals surface area contributed by atoms with Gasteiger partial charge in [-0.05, 0) is 49.3 Å². The lowest BCUT2D eigenvalue weighted by atomic mass is 10.2. The van der Waals surface area contributed by atoms with Crippen LogP contribution in [0.3, 0.4) is 0 Å². The zero-order valence-corrected chi connectivity index (χ0v) is 13.8. The highest BCUT2D eigenvalue weighted by Gasteiger charge is 2.05. The van der Waals surface area contributed by atoms with E-state index in [0.29, 0.717) is 22.9 Å². The SMILES string of the molecule is CCCc1n[nH]c(=S)n1/N=C/c1ccc(OCC)c(OC)c1. The summed E-state index contributed by atoms with van der Waals surface area (Å²) in [5.74, 6) is 2.21. The minimum Gasteiger partial charge on any atom is -0.493 e. The van der Waals surface area contributed by atoms with E-state index >= 15 is 0 Å². The van der Waals surface area contributed by atoms with Crippen LogP contribution < -0.4 is 9.47 Å². The average Bonchev–Trinajstić information content (AvgIpc) is 2.87. The van der Waals surface area contributed by atoms with E-state index in [2.05, 4.69) is 22.2 Å². The van der Waals surface area contributed by atoms with E-state index in [1.54, 1.807) is 18.0 Å². The predicted molar refractivity (Wildman–Crippen MR) is 88.6 cm³/mol. The maximum Gasteiger partial charge on any atom is 0.216 e. The van der Waals surface area contributed by atoms with E-state index in [9.17, 15) is 0 Å². The first-order chi connectivity index (χ1) is 10.7. The van der Waals surface area contributed by atoms with Crippen LogP contribution in [0.2, 0.25) is 0 Å². The van der Waals surface area contributed by atoms with Gasteiger partial charge in [0.2, 0.25) is 4.77 Å². The zero-order valence-electron chi connectivity index (χ0n) is 13.0. The predicted octanol–water partition coefficient (Wildman–Crippen LogP) is 3.18. The summed E-state index contributed by atoms with van der Waals surface area (Å²) in [6, 6.07) is 5.66. The Hall–Kier alpha value is -2.15. The van der Waals surface area contributed by atoms with Crippen LogP contribution in [0.25, 0.3) is 0 Å². The van der Waals surface area contributed by atoms with Gasteiger partial charge in [0.15, 0.2) is 17.3 Å². The van der Waals surface area contributed by atoms with Crippen LogP contribution in [0.4, 0.5) is 0 Å². The van der Waals surface area contributed by atoms with Gasteiger partial charge in [0.1, 0.15) is 0 Å². The van der Waals surface area contributed by atoms with Gasteiger partial charge in [-0.25, -0.2) is 0 Å². The summed E-state index contributed by atoms with van der Waals surface area (Å²) in [7, 11) is 1.62. The summed E-state index contributed by atoms with van der Waals surface area (Å²) in [6.07, 6.45) is 3.52. The van der Waals surface area contributed by atoms with Crippen LogP contribution in [-0.2, 0) is 6.42 Å². The molecule has 1 N–H and O–H groups in total. The Bertz CT molecular complexity index is 706. The van der Waals surface area contributed by atoms with Gasteiger partial charge in [0.05, 0.1) is 19.9 Å². The largest absolute Gasteiger partial charge is 0.493 e.